The van der Waals surface area contributed by atoms with Crippen LogP contribution in [0.1, 0.15) is 17.3 Å². The molecule has 0 heterocycles. The lowest BCUT2D eigenvalue weighted by molar-refractivity contribution is 0.101. The van der Waals surface area contributed by atoms with E-state index in [9.17, 15) is 9.59 Å². The Morgan fingerprint density at radius 3 is 2.44 bits per heavy atom. The maximum atomic E-state index is 11.1. The molecule has 0 unspecified atom stereocenters. The van der Waals surface area contributed by atoms with Crippen LogP contribution >= 0.6 is 0 Å². The maximum absolute atomic E-state index is 11.1. The normalized spacial score (nSPS) is 9.00. The fourth-order valence-electron chi connectivity index (χ4n) is 1.08. The zero-order valence-corrected chi connectivity index (χ0v) is 8.78. The second-order valence-electron chi connectivity index (χ2n) is 3.10. The molecule has 0 saturated carbocycles. The minimum Gasteiger partial charge on any atom is -0.325 e. The zero-order chi connectivity index (χ0) is 12.0. The number of hydrogen-bond acceptors (Lipinski definition) is 3. The Balaban J connectivity index is 2.59. The molecule has 5 nitrogen and oxygen atoms in total. The first-order valence-corrected chi connectivity index (χ1v) is 4.66. The van der Waals surface area contributed by atoms with E-state index in [-0.39, 0.29) is 12.3 Å². The van der Waals surface area contributed by atoms with Gasteiger partial charge in [-0.05, 0) is 31.2 Å². The van der Waals surface area contributed by atoms with E-state index in [0.717, 1.165) is 0 Å². The number of amides is 2. The van der Waals surface area contributed by atoms with Crippen LogP contribution in [0.15, 0.2) is 24.3 Å². The molecule has 0 saturated heterocycles. The highest BCUT2D eigenvalue weighted by Gasteiger charge is 2.02. The van der Waals surface area contributed by atoms with Gasteiger partial charge in [0.15, 0.2) is 5.78 Å². The third kappa shape index (κ3) is 3.42. The number of urea groups is 1. The third-order valence-corrected chi connectivity index (χ3v) is 1.88. The number of anilines is 1. The van der Waals surface area contributed by atoms with E-state index in [1.54, 1.807) is 30.3 Å². The van der Waals surface area contributed by atoms with E-state index in [1.165, 1.54) is 6.92 Å². The van der Waals surface area contributed by atoms with Crippen LogP contribution in [0.25, 0.3) is 0 Å². The summed E-state index contributed by atoms with van der Waals surface area (Å²) in [6.07, 6.45) is 0. The van der Waals surface area contributed by atoms with Gasteiger partial charge in [0.1, 0.15) is 6.54 Å². The van der Waals surface area contributed by atoms with E-state index < -0.39 is 6.03 Å². The van der Waals surface area contributed by atoms with Crippen LogP contribution in [0.5, 0.6) is 0 Å². The van der Waals surface area contributed by atoms with Crippen molar-refractivity contribution in [3.8, 4) is 6.07 Å². The molecule has 0 fully saturated rings. The van der Waals surface area contributed by atoms with Crippen molar-refractivity contribution in [2.75, 3.05) is 11.9 Å². The molecule has 2 amide bonds. The number of hydrogen-bond donors (Lipinski definition) is 2. The molecule has 1 aromatic carbocycles. The zero-order valence-electron chi connectivity index (χ0n) is 8.78. The SMILES string of the molecule is CC(=O)c1ccc(NC(=O)NCC#N)cc1. The van der Waals surface area contributed by atoms with E-state index in [4.69, 9.17) is 5.26 Å². The van der Waals surface area contributed by atoms with Gasteiger partial charge in [-0.2, -0.15) is 5.26 Å². The lowest BCUT2D eigenvalue weighted by Gasteiger charge is -2.05. The summed E-state index contributed by atoms with van der Waals surface area (Å²) in [5, 5.41) is 13.1. The van der Waals surface area contributed by atoms with Crippen molar-refractivity contribution in [3.05, 3.63) is 29.8 Å². The fraction of sp³-hybridized carbons (Fsp3) is 0.182. The predicted molar refractivity (Wildman–Crippen MR) is 59.1 cm³/mol. The van der Waals surface area contributed by atoms with Crippen LogP contribution in [0.4, 0.5) is 10.5 Å². The maximum Gasteiger partial charge on any atom is 0.320 e. The molecule has 0 aliphatic rings. The van der Waals surface area contributed by atoms with Gasteiger partial charge >= 0.3 is 6.03 Å². The van der Waals surface area contributed by atoms with E-state index >= 15 is 0 Å². The Kier molecular flexibility index (Phi) is 4.04. The van der Waals surface area contributed by atoms with Gasteiger partial charge in [0.25, 0.3) is 0 Å². The Labute approximate surface area is 93.1 Å². The van der Waals surface area contributed by atoms with Crippen molar-refractivity contribution >= 4 is 17.5 Å². The molecular formula is C11H11N3O2. The summed E-state index contributed by atoms with van der Waals surface area (Å²) in [5.41, 5.74) is 1.16. The first kappa shape index (κ1) is 11.7. The molecule has 1 rings (SSSR count). The average molecular weight is 217 g/mol. The smallest absolute Gasteiger partial charge is 0.320 e. The highest BCUT2D eigenvalue weighted by atomic mass is 16.2. The minimum absolute atomic E-state index is 0.0273. The lowest BCUT2D eigenvalue weighted by Crippen LogP contribution is -2.28. The molecule has 0 aliphatic carbocycles. The highest BCUT2D eigenvalue weighted by molar-refractivity contribution is 5.95. The van der Waals surface area contributed by atoms with E-state index in [1.807, 2.05) is 0 Å². The van der Waals surface area contributed by atoms with Crippen LogP contribution in [-0.2, 0) is 0 Å². The van der Waals surface area contributed by atoms with Crippen LogP contribution in [-0.4, -0.2) is 18.4 Å². The molecule has 0 spiro atoms. The molecule has 1 aromatic rings. The minimum atomic E-state index is -0.447. The number of carbonyl (C=O) groups excluding carboxylic acids is 2. The van der Waals surface area contributed by atoms with Gasteiger partial charge in [-0.15, -0.1) is 0 Å². The number of benzene rings is 1. The largest absolute Gasteiger partial charge is 0.325 e. The van der Waals surface area contributed by atoms with Crippen LogP contribution < -0.4 is 10.6 Å². The van der Waals surface area contributed by atoms with Crippen molar-refractivity contribution in [1.82, 2.24) is 5.32 Å². The van der Waals surface area contributed by atoms with Gasteiger partial charge in [-0.3, -0.25) is 4.79 Å². The second-order valence-corrected chi connectivity index (χ2v) is 3.10. The Bertz CT molecular complexity index is 432. The first-order valence-electron chi connectivity index (χ1n) is 4.66. The highest BCUT2D eigenvalue weighted by Crippen LogP contribution is 2.09. The molecule has 2 N–H and O–H groups in total. The number of carbonyl (C=O) groups is 2. The summed E-state index contributed by atoms with van der Waals surface area (Å²) in [6, 6.07) is 7.85. The van der Waals surface area contributed by atoms with Crippen LogP contribution in [0.2, 0.25) is 0 Å². The Morgan fingerprint density at radius 1 is 1.31 bits per heavy atom. The van der Waals surface area contributed by atoms with Crippen molar-refractivity contribution in [2.24, 2.45) is 0 Å². The summed E-state index contributed by atoms with van der Waals surface area (Å²) < 4.78 is 0. The molecule has 0 radical (unpaired) electrons. The summed E-state index contributed by atoms with van der Waals surface area (Å²) in [7, 11) is 0. The molecule has 0 aliphatic heterocycles. The van der Waals surface area contributed by atoms with Crippen molar-refractivity contribution in [3.63, 3.8) is 0 Å². The number of nitrogens with one attached hydrogen (secondary N) is 2. The van der Waals surface area contributed by atoms with Gasteiger partial charge in [-0.25, -0.2) is 4.79 Å². The number of nitrogens with zero attached hydrogens (tertiary/aromatic N) is 1. The number of Topliss-reactive ketones (excluding diaryl/α,β-unsaturated/α-hetero) is 1. The first-order chi connectivity index (χ1) is 7.63. The second kappa shape index (κ2) is 5.51. The average Bonchev–Trinajstić information content (AvgIpc) is 2.27. The lowest BCUT2D eigenvalue weighted by atomic mass is 10.1. The number of rotatable bonds is 3. The Morgan fingerprint density at radius 2 is 1.94 bits per heavy atom. The Hall–Kier alpha value is -2.35. The van der Waals surface area contributed by atoms with Crippen molar-refractivity contribution in [1.29, 1.82) is 5.26 Å². The van der Waals surface area contributed by atoms with E-state index in [2.05, 4.69) is 10.6 Å². The van der Waals surface area contributed by atoms with Gasteiger partial charge in [0.05, 0.1) is 6.07 Å². The molecule has 5 heteroatoms. The predicted octanol–water partition coefficient (Wildman–Crippen LogP) is 1.53. The summed E-state index contributed by atoms with van der Waals surface area (Å²) in [6.45, 7) is 1.43. The number of nitriles is 1. The monoisotopic (exact) mass is 217 g/mol. The van der Waals surface area contributed by atoms with Gasteiger partial charge in [0.2, 0.25) is 0 Å². The molecule has 16 heavy (non-hydrogen) atoms. The van der Waals surface area contributed by atoms with E-state index in [0.29, 0.717) is 11.3 Å². The van der Waals surface area contributed by atoms with Gasteiger partial charge in [-0.1, -0.05) is 0 Å². The van der Waals surface area contributed by atoms with Gasteiger partial charge < -0.3 is 10.6 Å². The fourth-order valence-corrected chi connectivity index (χ4v) is 1.08. The summed E-state index contributed by atoms with van der Waals surface area (Å²) in [5.74, 6) is -0.0273. The molecule has 0 aromatic heterocycles. The van der Waals surface area contributed by atoms with Crippen LogP contribution in [0.3, 0.4) is 0 Å². The molecule has 0 bridgehead atoms. The van der Waals surface area contributed by atoms with Gasteiger partial charge in [0, 0.05) is 11.3 Å². The topological polar surface area (TPSA) is 82.0 Å². The quantitative estimate of drug-likeness (QED) is 0.595. The van der Waals surface area contributed by atoms with Crippen molar-refractivity contribution < 1.29 is 9.59 Å². The third-order valence-electron chi connectivity index (χ3n) is 1.88. The standard InChI is InChI=1S/C11H11N3O2/c1-8(15)9-2-4-10(5-3-9)14-11(16)13-7-6-12/h2-5H,7H2,1H3,(H2,13,14,16). The molecule has 0 atom stereocenters. The van der Waals surface area contributed by atoms with Crippen molar-refractivity contribution in [2.45, 2.75) is 6.92 Å². The van der Waals surface area contributed by atoms with Crippen LogP contribution in [0, 0.1) is 11.3 Å². The number of ketones is 1. The molecule has 82 valence electrons. The summed E-state index contributed by atoms with van der Waals surface area (Å²) >= 11 is 0. The molecular weight excluding hydrogens is 206 g/mol. The summed E-state index contributed by atoms with van der Waals surface area (Å²) in [4.78, 5) is 22.1.